The number of anilines is 1. The molecule has 32 heavy (non-hydrogen) atoms. The van der Waals surface area contributed by atoms with Crippen LogP contribution in [0.5, 0.6) is 5.75 Å². The Morgan fingerprint density at radius 3 is 2.41 bits per heavy atom. The van der Waals surface area contributed by atoms with Crippen LogP contribution in [0.3, 0.4) is 0 Å². The van der Waals surface area contributed by atoms with Crippen molar-refractivity contribution in [2.45, 2.75) is 32.7 Å². The third kappa shape index (κ3) is 4.32. The number of amides is 1. The number of halogens is 1. The third-order valence-corrected chi connectivity index (χ3v) is 5.95. The Hall–Kier alpha value is -2.99. The Morgan fingerprint density at radius 1 is 1.19 bits per heavy atom. The van der Waals surface area contributed by atoms with Gasteiger partial charge in [0, 0.05) is 26.3 Å². The van der Waals surface area contributed by atoms with E-state index in [-0.39, 0.29) is 17.1 Å². The number of benzene rings is 2. The molecular weight excluding hydrogens is 428 g/mol. The third-order valence-electron chi connectivity index (χ3n) is 5.66. The highest BCUT2D eigenvalue weighted by Gasteiger charge is 2.46. The Labute approximate surface area is 194 Å². The van der Waals surface area contributed by atoms with Gasteiger partial charge in [-0.2, -0.15) is 0 Å². The summed E-state index contributed by atoms with van der Waals surface area (Å²) in [7, 11) is 5.33. The number of ketones is 1. The number of unbranched alkanes of at least 4 members (excludes halogenated alkanes) is 1. The fourth-order valence-corrected chi connectivity index (χ4v) is 4.35. The molecule has 2 aromatic rings. The number of nitrogens with zero attached hydrogens (tertiary/aromatic N) is 2. The molecular formula is C25H29ClN2O4. The minimum Gasteiger partial charge on any atom is -0.507 e. The number of aliphatic hydroxyl groups excluding tert-OH is 1. The van der Waals surface area contributed by atoms with Gasteiger partial charge in [-0.25, -0.2) is 0 Å². The number of Topliss-reactive ketones (excluding diaryl/α,β-unsaturated/α-hetero) is 1. The van der Waals surface area contributed by atoms with E-state index in [9.17, 15) is 14.7 Å². The van der Waals surface area contributed by atoms with E-state index in [0.29, 0.717) is 17.1 Å². The maximum absolute atomic E-state index is 13.1. The Balaban J connectivity index is 2.23. The van der Waals surface area contributed by atoms with Gasteiger partial charge in [0.25, 0.3) is 11.7 Å². The summed E-state index contributed by atoms with van der Waals surface area (Å²) in [6.07, 6.45) is 1.62. The lowest BCUT2D eigenvalue weighted by molar-refractivity contribution is -0.139. The van der Waals surface area contributed by atoms with Crippen LogP contribution in [0.4, 0.5) is 5.69 Å². The molecule has 170 valence electrons. The zero-order valence-electron chi connectivity index (χ0n) is 19.1. The van der Waals surface area contributed by atoms with E-state index < -0.39 is 17.7 Å². The molecule has 2 aromatic carbocycles. The molecule has 1 aliphatic heterocycles. The fourth-order valence-electron chi connectivity index (χ4n) is 4.00. The van der Waals surface area contributed by atoms with Crippen molar-refractivity contribution in [1.82, 2.24) is 4.90 Å². The van der Waals surface area contributed by atoms with Crippen molar-refractivity contribution in [3.63, 3.8) is 0 Å². The average Bonchev–Trinajstić information content (AvgIpc) is 3.01. The Kier molecular flexibility index (Phi) is 7.14. The maximum Gasteiger partial charge on any atom is 0.295 e. The quantitative estimate of drug-likeness (QED) is 0.363. The summed E-state index contributed by atoms with van der Waals surface area (Å²) in [6, 6.07) is 10.4. The summed E-state index contributed by atoms with van der Waals surface area (Å²) in [4.78, 5) is 29.6. The van der Waals surface area contributed by atoms with Crippen LogP contribution in [-0.2, 0) is 9.59 Å². The van der Waals surface area contributed by atoms with Crippen molar-refractivity contribution in [2.75, 3.05) is 32.6 Å². The molecule has 3 rings (SSSR count). The van der Waals surface area contributed by atoms with Gasteiger partial charge >= 0.3 is 0 Å². The highest BCUT2D eigenvalue weighted by atomic mass is 35.5. The smallest absolute Gasteiger partial charge is 0.295 e. The molecule has 1 heterocycles. The predicted octanol–water partition coefficient (Wildman–Crippen LogP) is 4.94. The van der Waals surface area contributed by atoms with E-state index >= 15 is 0 Å². The molecule has 0 radical (unpaired) electrons. The van der Waals surface area contributed by atoms with Gasteiger partial charge in [-0.15, -0.1) is 0 Å². The van der Waals surface area contributed by atoms with Crippen LogP contribution in [0, 0.1) is 6.92 Å². The predicted molar refractivity (Wildman–Crippen MR) is 127 cm³/mol. The summed E-state index contributed by atoms with van der Waals surface area (Å²) in [5, 5.41) is 11.6. The second-order valence-electron chi connectivity index (χ2n) is 8.16. The number of rotatable bonds is 7. The van der Waals surface area contributed by atoms with E-state index in [1.165, 1.54) is 7.11 Å². The summed E-state index contributed by atoms with van der Waals surface area (Å²) in [6.45, 7) is 4.28. The van der Waals surface area contributed by atoms with E-state index in [2.05, 4.69) is 0 Å². The van der Waals surface area contributed by atoms with Gasteiger partial charge in [0.15, 0.2) is 0 Å². The number of aryl methyl sites for hydroxylation is 1. The molecule has 0 saturated carbocycles. The molecule has 0 aromatic heterocycles. The van der Waals surface area contributed by atoms with Crippen LogP contribution in [0.15, 0.2) is 42.0 Å². The molecule has 0 aliphatic carbocycles. The lowest BCUT2D eigenvalue weighted by Gasteiger charge is -2.26. The van der Waals surface area contributed by atoms with Crippen molar-refractivity contribution in [2.24, 2.45) is 0 Å². The molecule has 6 nitrogen and oxygen atoms in total. The number of ether oxygens (including phenoxy) is 1. The van der Waals surface area contributed by atoms with E-state index in [1.54, 1.807) is 17.0 Å². The first kappa shape index (κ1) is 23.7. The zero-order valence-corrected chi connectivity index (χ0v) is 19.9. The van der Waals surface area contributed by atoms with Crippen LogP contribution >= 0.6 is 11.6 Å². The standard InChI is InChI=1S/C25H29ClN2O4/c1-6-7-12-28-21(16-8-10-17(11-9-16)27(3)4)20(23(30)25(28)31)22(29)18-13-15(2)14-19(26)24(18)32-5/h8-11,13-14,21,29H,6-7,12H2,1-5H3/b22-20+. The van der Waals surface area contributed by atoms with Crippen LogP contribution < -0.4 is 9.64 Å². The van der Waals surface area contributed by atoms with Gasteiger partial charge < -0.3 is 19.6 Å². The van der Waals surface area contributed by atoms with E-state index in [0.717, 1.165) is 29.7 Å². The molecule has 1 saturated heterocycles. The first-order valence-electron chi connectivity index (χ1n) is 10.6. The van der Waals surface area contributed by atoms with Crippen LogP contribution in [0.1, 0.15) is 42.5 Å². The molecule has 0 spiro atoms. The topological polar surface area (TPSA) is 70.1 Å². The number of carbonyl (C=O) groups is 2. The molecule has 1 N–H and O–H groups in total. The molecule has 7 heteroatoms. The van der Waals surface area contributed by atoms with Crippen LogP contribution in [-0.4, -0.2) is 49.4 Å². The van der Waals surface area contributed by atoms with Gasteiger partial charge in [0.2, 0.25) is 0 Å². The van der Waals surface area contributed by atoms with Crippen molar-refractivity contribution in [1.29, 1.82) is 0 Å². The number of carbonyl (C=O) groups excluding carboxylic acids is 2. The second kappa shape index (κ2) is 9.65. The van der Waals surface area contributed by atoms with Gasteiger partial charge in [0.1, 0.15) is 11.5 Å². The number of hydrogen-bond donors (Lipinski definition) is 1. The Morgan fingerprint density at radius 2 is 1.84 bits per heavy atom. The van der Waals surface area contributed by atoms with Crippen LogP contribution in [0.2, 0.25) is 5.02 Å². The van der Waals surface area contributed by atoms with Gasteiger partial charge in [-0.3, -0.25) is 9.59 Å². The normalized spacial score (nSPS) is 17.7. The molecule has 1 unspecified atom stereocenters. The van der Waals surface area contributed by atoms with E-state index in [1.807, 2.05) is 57.1 Å². The minimum absolute atomic E-state index is 0.0451. The largest absolute Gasteiger partial charge is 0.507 e. The van der Waals surface area contributed by atoms with Crippen molar-refractivity contribution in [3.05, 3.63) is 63.7 Å². The molecule has 0 bridgehead atoms. The van der Waals surface area contributed by atoms with Gasteiger partial charge in [-0.05, 0) is 48.7 Å². The highest BCUT2D eigenvalue weighted by Crippen LogP contribution is 2.43. The highest BCUT2D eigenvalue weighted by molar-refractivity contribution is 6.46. The lowest BCUT2D eigenvalue weighted by atomic mass is 9.94. The van der Waals surface area contributed by atoms with Crippen molar-refractivity contribution >= 4 is 34.7 Å². The average molecular weight is 457 g/mol. The molecule has 1 aliphatic rings. The first-order valence-corrected chi connectivity index (χ1v) is 11.0. The minimum atomic E-state index is -0.708. The zero-order chi connectivity index (χ0) is 23.6. The van der Waals surface area contributed by atoms with Crippen LogP contribution in [0.25, 0.3) is 5.76 Å². The van der Waals surface area contributed by atoms with Crippen molar-refractivity contribution in [3.8, 4) is 5.75 Å². The summed E-state index contributed by atoms with van der Waals surface area (Å²) in [5.74, 6) is -1.35. The number of hydrogen-bond acceptors (Lipinski definition) is 5. The summed E-state index contributed by atoms with van der Waals surface area (Å²) < 4.78 is 5.41. The number of likely N-dealkylation sites (tertiary alicyclic amines) is 1. The van der Waals surface area contributed by atoms with Crippen molar-refractivity contribution < 1.29 is 19.4 Å². The number of methoxy groups -OCH3 is 1. The Bertz CT molecular complexity index is 1060. The lowest BCUT2D eigenvalue weighted by Crippen LogP contribution is -2.30. The van der Waals surface area contributed by atoms with Gasteiger partial charge in [-0.1, -0.05) is 37.1 Å². The van der Waals surface area contributed by atoms with Gasteiger partial charge in [0.05, 0.1) is 29.3 Å². The maximum atomic E-state index is 13.1. The second-order valence-corrected chi connectivity index (χ2v) is 8.57. The first-order chi connectivity index (χ1) is 15.2. The molecule has 1 atom stereocenters. The summed E-state index contributed by atoms with van der Waals surface area (Å²) >= 11 is 6.32. The molecule has 1 amide bonds. The summed E-state index contributed by atoms with van der Waals surface area (Å²) in [5.41, 5.74) is 2.88. The van der Waals surface area contributed by atoms with E-state index in [4.69, 9.17) is 16.3 Å². The fraction of sp³-hybridized carbons (Fsp3) is 0.360. The number of aliphatic hydroxyl groups is 1. The SMILES string of the molecule is CCCCN1C(=O)C(=O)/C(=C(/O)c2cc(C)cc(Cl)c2OC)C1c1ccc(N(C)C)cc1. The monoisotopic (exact) mass is 456 g/mol. The molecule has 1 fully saturated rings.